The third kappa shape index (κ3) is 6.51. The van der Waals surface area contributed by atoms with Crippen LogP contribution in [0.1, 0.15) is 25.0 Å². The molecule has 5 heteroatoms. The maximum absolute atomic E-state index is 6.17. The van der Waals surface area contributed by atoms with Crippen molar-refractivity contribution < 1.29 is 18.9 Å². The molecule has 0 N–H and O–H groups in total. The molecule has 1 heterocycles. The van der Waals surface area contributed by atoms with Gasteiger partial charge in [-0.2, -0.15) is 0 Å². The van der Waals surface area contributed by atoms with Crippen LogP contribution in [0.5, 0.6) is 17.2 Å². The van der Waals surface area contributed by atoms with Gasteiger partial charge in [-0.15, -0.1) is 0 Å². The van der Waals surface area contributed by atoms with Gasteiger partial charge in [-0.1, -0.05) is 42.5 Å². The predicted molar refractivity (Wildman–Crippen MR) is 116 cm³/mol. The van der Waals surface area contributed by atoms with Crippen LogP contribution in [-0.4, -0.2) is 51.0 Å². The SMILES string of the molecule is COc1cc(/C=C/CN2CCOCC2)c(OCc2ccccc2)cc1OC(C)C. The molecule has 0 radical (unpaired) electrons. The molecule has 5 nitrogen and oxygen atoms in total. The predicted octanol–water partition coefficient (Wildman–Crippen LogP) is 4.41. The van der Waals surface area contributed by atoms with Crippen molar-refractivity contribution in [2.24, 2.45) is 0 Å². The van der Waals surface area contributed by atoms with Crippen molar-refractivity contribution in [2.75, 3.05) is 40.0 Å². The smallest absolute Gasteiger partial charge is 0.165 e. The molecule has 2 aromatic carbocycles. The Morgan fingerprint density at radius 1 is 1.03 bits per heavy atom. The lowest BCUT2D eigenvalue weighted by Crippen LogP contribution is -2.36. The van der Waals surface area contributed by atoms with Crippen LogP contribution in [0.2, 0.25) is 0 Å². The van der Waals surface area contributed by atoms with Crippen LogP contribution in [0, 0.1) is 0 Å². The molecule has 1 aliphatic heterocycles. The van der Waals surface area contributed by atoms with Crippen molar-refractivity contribution in [1.82, 2.24) is 4.90 Å². The van der Waals surface area contributed by atoms with Crippen LogP contribution in [-0.2, 0) is 11.3 Å². The molecule has 0 aliphatic carbocycles. The standard InChI is InChI=1S/C24H31NO4/c1-19(2)29-24-17-22(28-18-20-8-5-4-6-9-20)21(16-23(24)26-3)10-7-11-25-12-14-27-15-13-25/h4-10,16-17,19H,11-15,18H2,1-3H3/b10-7+. The highest BCUT2D eigenvalue weighted by atomic mass is 16.5. The topological polar surface area (TPSA) is 40.2 Å². The number of nitrogens with zero attached hydrogens (tertiary/aromatic N) is 1. The third-order valence-corrected chi connectivity index (χ3v) is 4.66. The summed E-state index contributed by atoms with van der Waals surface area (Å²) in [4.78, 5) is 2.37. The average Bonchev–Trinajstić information content (AvgIpc) is 2.74. The number of morpholine rings is 1. The maximum atomic E-state index is 6.17. The molecule has 0 spiro atoms. The third-order valence-electron chi connectivity index (χ3n) is 4.66. The quantitative estimate of drug-likeness (QED) is 0.627. The minimum atomic E-state index is 0.0496. The van der Waals surface area contributed by atoms with Crippen molar-refractivity contribution in [3.8, 4) is 17.2 Å². The Labute approximate surface area is 173 Å². The summed E-state index contributed by atoms with van der Waals surface area (Å²) in [6.07, 6.45) is 4.31. The summed E-state index contributed by atoms with van der Waals surface area (Å²) in [5.74, 6) is 2.18. The maximum Gasteiger partial charge on any atom is 0.165 e. The van der Waals surface area contributed by atoms with Crippen LogP contribution >= 0.6 is 0 Å². The summed E-state index contributed by atoms with van der Waals surface area (Å²) >= 11 is 0. The van der Waals surface area contributed by atoms with Gasteiger partial charge in [0.1, 0.15) is 12.4 Å². The number of hydrogen-bond acceptors (Lipinski definition) is 5. The van der Waals surface area contributed by atoms with Gasteiger partial charge in [-0.25, -0.2) is 0 Å². The number of rotatable bonds is 9. The normalized spacial score (nSPS) is 15.0. The summed E-state index contributed by atoms with van der Waals surface area (Å²) in [5, 5.41) is 0. The monoisotopic (exact) mass is 397 g/mol. The van der Waals surface area contributed by atoms with Crippen LogP contribution in [0.4, 0.5) is 0 Å². The Bertz CT molecular complexity index is 783. The summed E-state index contributed by atoms with van der Waals surface area (Å²) in [7, 11) is 1.66. The Hall–Kier alpha value is -2.50. The van der Waals surface area contributed by atoms with E-state index >= 15 is 0 Å². The molecule has 156 valence electrons. The number of methoxy groups -OCH3 is 1. The first kappa shape index (κ1) is 21.2. The van der Waals surface area contributed by atoms with Gasteiger partial charge in [0.25, 0.3) is 0 Å². The highest BCUT2D eigenvalue weighted by Gasteiger charge is 2.14. The summed E-state index contributed by atoms with van der Waals surface area (Å²) in [5.41, 5.74) is 2.10. The van der Waals surface area contributed by atoms with E-state index in [2.05, 4.69) is 29.2 Å². The molecule has 0 saturated carbocycles. The van der Waals surface area contributed by atoms with Gasteiger partial charge in [0, 0.05) is 31.3 Å². The summed E-state index contributed by atoms with van der Waals surface area (Å²) in [6, 6.07) is 14.1. The zero-order chi connectivity index (χ0) is 20.5. The second kappa shape index (κ2) is 10.9. The lowest BCUT2D eigenvalue weighted by molar-refractivity contribution is 0.0435. The van der Waals surface area contributed by atoms with E-state index in [1.54, 1.807) is 7.11 Å². The second-order valence-corrected chi connectivity index (χ2v) is 7.30. The molecule has 2 aromatic rings. The first-order chi connectivity index (χ1) is 14.2. The lowest BCUT2D eigenvalue weighted by atomic mass is 10.1. The first-order valence-electron chi connectivity index (χ1n) is 10.2. The van der Waals surface area contributed by atoms with E-state index < -0.39 is 0 Å². The molecular formula is C24H31NO4. The van der Waals surface area contributed by atoms with Crippen molar-refractivity contribution in [3.05, 3.63) is 59.7 Å². The van der Waals surface area contributed by atoms with Gasteiger partial charge < -0.3 is 18.9 Å². The van der Waals surface area contributed by atoms with E-state index in [1.165, 1.54) is 0 Å². The molecular weight excluding hydrogens is 366 g/mol. The Morgan fingerprint density at radius 3 is 2.48 bits per heavy atom. The fourth-order valence-corrected chi connectivity index (χ4v) is 3.17. The van der Waals surface area contributed by atoms with Crippen molar-refractivity contribution >= 4 is 6.08 Å². The fraction of sp³-hybridized carbons (Fsp3) is 0.417. The van der Waals surface area contributed by atoms with E-state index in [0.29, 0.717) is 18.1 Å². The van der Waals surface area contributed by atoms with Gasteiger partial charge in [-0.3, -0.25) is 4.90 Å². The zero-order valence-electron chi connectivity index (χ0n) is 17.6. The molecule has 0 bridgehead atoms. The molecule has 1 aliphatic rings. The molecule has 29 heavy (non-hydrogen) atoms. The van der Waals surface area contributed by atoms with Gasteiger partial charge >= 0.3 is 0 Å². The van der Waals surface area contributed by atoms with Crippen molar-refractivity contribution in [2.45, 2.75) is 26.6 Å². The van der Waals surface area contributed by atoms with Crippen molar-refractivity contribution in [1.29, 1.82) is 0 Å². The van der Waals surface area contributed by atoms with E-state index in [0.717, 1.165) is 49.7 Å². The van der Waals surface area contributed by atoms with Crippen molar-refractivity contribution in [3.63, 3.8) is 0 Å². The number of hydrogen-bond donors (Lipinski definition) is 0. The van der Waals surface area contributed by atoms with Gasteiger partial charge in [-0.05, 0) is 25.5 Å². The van der Waals surface area contributed by atoms with Crippen LogP contribution < -0.4 is 14.2 Å². The van der Waals surface area contributed by atoms with Gasteiger partial charge in [0.2, 0.25) is 0 Å². The molecule has 1 fully saturated rings. The van der Waals surface area contributed by atoms with Crippen LogP contribution in [0.3, 0.4) is 0 Å². The highest BCUT2D eigenvalue weighted by molar-refractivity contribution is 5.63. The molecule has 0 amide bonds. The molecule has 0 aromatic heterocycles. The number of benzene rings is 2. The first-order valence-corrected chi connectivity index (χ1v) is 10.2. The fourth-order valence-electron chi connectivity index (χ4n) is 3.17. The highest BCUT2D eigenvalue weighted by Crippen LogP contribution is 2.36. The largest absolute Gasteiger partial charge is 0.493 e. The summed E-state index contributed by atoms with van der Waals surface area (Å²) < 4.78 is 23.1. The van der Waals surface area contributed by atoms with E-state index in [1.807, 2.05) is 44.2 Å². The Morgan fingerprint density at radius 2 is 1.79 bits per heavy atom. The second-order valence-electron chi connectivity index (χ2n) is 7.30. The van der Waals surface area contributed by atoms with Crippen LogP contribution in [0.15, 0.2) is 48.5 Å². The number of ether oxygens (including phenoxy) is 4. The van der Waals surface area contributed by atoms with Gasteiger partial charge in [0.05, 0.1) is 26.4 Å². The molecule has 1 saturated heterocycles. The lowest BCUT2D eigenvalue weighted by Gasteiger charge is -2.25. The Kier molecular flexibility index (Phi) is 7.96. The minimum Gasteiger partial charge on any atom is -0.493 e. The van der Waals surface area contributed by atoms with E-state index in [9.17, 15) is 0 Å². The van der Waals surface area contributed by atoms with Crippen LogP contribution in [0.25, 0.3) is 6.08 Å². The minimum absolute atomic E-state index is 0.0496. The van der Waals surface area contributed by atoms with E-state index in [4.69, 9.17) is 18.9 Å². The molecule has 3 rings (SSSR count). The van der Waals surface area contributed by atoms with E-state index in [-0.39, 0.29) is 6.10 Å². The zero-order valence-corrected chi connectivity index (χ0v) is 17.6. The molecule has 0 atom stereocenters. The summed E-state index contributed by atoms with van der Waals surface area (Å²) in [6.45, 7) is 8.91. The van der Waals surface area contributed by atoms with Gasteiger partial charge in [0.15, 0.2) is 11.5 Å². The molecule has 0 unspecified atom stereocenters. The average molecular weight is 398 g/mol. The Balaban J connectivity index is 1.80.